The van der Waals surface area contributed by atoms with Crippen LogP contribution < -0.4 is 10.1 Å². The van der Waals surface area contributed by atoms with E-state index < -0.39 is 0 Å². The molecule has 1 saturated carbocycles. The molecular weight excluding hydrogens is 390 g/mol. The summed E-state index contributed by atoms with van der Waals surface area (Å²) in [6, 6.07) is 5.83. The zero-order valence-electron chi connectivity index (χ0n) is 18.7. The van der Waals surface area contributed by atoms with E-state index in [1.165, 1.54) is 25.7 Å². The second-order valence-electron chi connectivity index (χ2n) is 8.69. The average Bonchev–Trinajstić information content (AvgIpc) is 3.44. The lowest BCUT2D eigenvalue weighted by atomic mass is 9.98. The van der Waals surface area contributed by atoms with Gasteiger partial charge in [0.25, 0.3) is 0 Å². The Morgan fingerprint density at radius 2 is 2.00 bits per heavy atom. The van der Waals surface area contributed by atoms with Crippen molar-refractivity contribution in [3.63, 3.8) is 0 Å². The molecule has 0 unspecified atom stereocenters. The van der Waals surface area contributed by atoms with E-state index in [0.29, 0.717) is 12.2 Å². The van der Waals surface area contributed by atoms with Crippen LogP contribution in [0.1, 0.15) is 70.0 Å². The molecule has 1 aliphatic rings. The van der Waals surface area contributed by atoms with Crippen molar-refractivity contribution < 1.29 is 9.53 Å². The van der Waals surface area contributed by atoms with Crippen molar-refractivity contribution in [2.75, 3.05) is 19.0 Å². The Labute approximate surface area is 183 Å². The summed E-state index contributed by atoms with van der Waals surface area (Å²) in [7, 11) is 1.66. The molecule has 0 saturated heterocycles. The minimum Gasteiger partial charge on any atom is -0.497 e. The number of rotatable bonds is 11. The summed E-state index contributed by atoms with van der Waals surface area (Å²) in [6.45, 7) is 2.73. The first-order chi connectivity index (χ1) is 15.2. The second kappa shape index (κ2) is 10.1. The largest absolute Gasteiger partial charge is 0.497 e. The number of fused-ring (bicyclic) bond motifs is 3. The van der Waals surface area contributed by atoms with Crippen LogP contribution in [-0.4, -0.2) is 39.0 Å². The minimum atomic E-state index is 0.436. The van der Waals surface area contributed by atoms with Crippen molar-refractivity contribution in [2.24, 2.45) is 5.92 Å². The summed E-state index contributed by atoms with van der Waals surface area (Å²) < 4.78 is 7.37. The maximum Gasteiger partial charge on any atom is 0.204 e. The zero-order chi connectivity index (χ0) is 21.6. The Bertz CT molecular complexity index is 1040. The van der Waals surface area contributed by atoms with Crippen LogP contribution in [0.2, 0.25) is 0 Å². The fourth-order valence-electron chi connectivity index (χ4n) is 4.62. The van der Waals surface area contributed by atoms with Crippen molar-refractivity contribution in [3.05, 3.63) is 24.0 Å². The van der Waals surface area contributed by atoms with Gasteiger partial charge in [0.1, 0.15) is 17.4 Å². The zero-order valence-corrected chi connectivity index (χ0v) is 18.7. The maximum atomic E-state index is 12.1. The number of hydrogen-bond donors (Lipinski definition) is 1. The van der Waals surface area contributed by atoms with E-state index in [9.17, 15) is 4.79 Å². The lowest BCUT2D eigenvalue weighted by molar-refractivity contribution is -0.119. The van der Waals surface area contributed by atoms with Crippen molar-refractivity contribution in [3.8, 4) is 5.75 Å². The highest BCUT2D eigenvalue weighted by molar-refractivity contribution is 5.84. The monoisotopic (exact) mass is 423 g/mol. The smallest absolute Gasteiger partial charge is 0.204 e. The molecule has 0 amide bonds. The molecule has 2 aromatic heterocycles. The number of benzene rings is 1. The number of aryl methyl sites for hydroxylation is 1. The number of methoxy groups -OCH3 is 1. The van der Waals surface area contributed by atoms with Crippen molar-refractivity contribution in [1.29, 1.82) is 0 Å². The number of hydrogen-bond acceptors (Lipinski definition) is 6. The molecule has 1 aliphatic carbocycles. The molecule has 1 fully saturated rings. The summed E-state index contributed by atoms with van der Waals surface area (Å²) in [6.07, 6.45) is 10.9. The summed E-state index contributed by atoms with van der Waals surface area (Å²) in [5.41, 5.74) is 2.53. The number of anilines is 1. The van der Waals surface area contributed by atoms with Gasteiger partial charge in [-0.3, -0.25) is 9.20 Å². The van der Waals surface area contributed by atoms with E-state index in [4.69, 9.17) is 9.72 Å². The molecule has 0 spiro atoms. The van der Waals surface area contributed by atoms with Crippen LogP contribution in [0.4, 0.5) is 5.82 Å². The third-order valence-corrected chi connectivity index (χ3v) is 6.42. The van der Waals surface area contributed by atoms with E-state index in [1.54, 1.807) is 7.11 Å². The molecule has 2 heterocycles. The van der Waals surface area contributed by atoms with Gasteiger partial charge in [-0.2, -0.15) is 0 Å². The molecular formula is C24H33N5O2. The lowest BCUT2D eigenvalue weighted by Crippen LogP contribution is -2.07. The Morgan fingerprint density at radius 3 is 2.81 bits per heavy atom. The summed E-state index contributed by atoms with van der Waals surface area (Å²) in [4.78, 5) is 16.9. The summed E-state index contributed by atoms with van der Waals surface area (Å²) in [5, 5.41) is 12.0. The van der Waals surface area contributed by atoms with Gasteiger partial charge in [-0.1, -0.05) is 32.1 Å². The first kappa shape index (κ1) is 21.5. The summed E-state index contributed by atoms with van der Waals surface area (Å²) >= 11 is 0. The number of ketones is 1. The van der Waals surface area contributed by atoms with Crippen LogP contribution in [0.5, 0.6) is 5.75 Å². The number of carbonyl (C=O) groups is 1. The van der Waals surface area contributed by atoms with Crippen molar-refractivity contribution in [1.82, 2.24) is 19.6 Å². The predicted octanol–water partition coefficient (Wildman–Crippen LogP) is 5.11. The predicted molar refractivity (Wildman–Crippen MR) is 123 cm³/mol. The first-order valence-corrected chi connectivity index (χ1v) is 11.6. The molecule has 166 valence electrons. The van der Waals surface area contributed by atoms with Gasteiger partial charge < -0.3 is 10.1 Å². The molecule has 31 heavy (non-hydrogen) atoms. The number of Topliss-reactive ketones (excluding diaryl/α,β-unsaturated/α-hetero) is 1. The fraction of sp³-hybridized carbons (Fsp3) is 0.583. The van der Waals surface area contributed by atoms with E-state index in [0.717, 1.165) is 78.6 Å². The molecule has 0 bridgehead atoms. The standard InChI is InChI=1S/C24H33N5O2/c1-17-27-28-24-23(26-21-16-20(31-2)13-14-22(21)29(17)24)25-15-7-3-4-10-19(30)12-11-18-8-5-6-9-18/h13-14,16,18H,3-12,15H2,1-2H3,(H,25,26). The number of aromatic nitrogens is 4. The van der Waals surface area contributed by atoms with Crippen LogP contribution >= 0.6 is 0 Å². The molecule has 7 nitrogen and oxygen atoms in total. The van der Waals surface area contributed by atoms with Gasteiger partial charge >= 0.3 is 0 Å². The maximum absolute atomic E-state index is 12.1. The topological polar surface area (TPSA) is 81.4 Å². The van der Waals surface area contributed by atoms with Crippen LogP contribution in [0, 0.1) is 12.8 Å². The van der Waals surface area contributed by atoms with Gasteiger partial charge in [0.2, 0.25) is 5.65 Å². The van der Waals surface area contributed by atoms with Crippen LogP contribution in [0.3, 0.4) is 0 Å². The van der Waals surface area contributed by atoms with Gasteiger partial charge in [-0.05, 0) is 44.2 Å². The van der Waals surface area contributed by atoms with E-state index in [-0.39, 0.29) is 0 Å². The summed E-state index contributed by atoms with van der Waals surface area (Å²) in [5.74, 6) is 3.57. The Kier molecular flexibility index (Phi) is 6.99. The molecule has 1 aromatic carbocycles. The fourth-order valence-corrected chi connectivity index (χ4v) is 4.62. The number of unbranched alkanes of at least 4 members (excludes halogenated alkanes) is 2. The number of nitrogens with one attached hydrogen (secondary N) is 1. The normalized spacial score (nSPS) is 14.5. The first-order valence-electron chi connectivity index (χ1n) is 11.6. The van der Waals surface area contributed by atoms with Gasteiger partial charge in [0.15, 0.2) is 5.82 Å². The van der Waals surface area contributed by atoms with Crippen molar-refractivity contribution in [2.45, 2.75) is 71.1 Å². The highest BCUT2D eigenvalue weighted by Crippen LogP contribution is 2.29. The van der Waals surface area contributed by atoms with Gasteiger partial charge in [0, 0.05) is 25.5 Å². The number of carbonyl (C=O) groups excluding carboxylic acids is 1. The van der Waals surface area contributed by atoms with Crippen molar-refractivity contribution >= 4 is 28.3 Å². The minimum absolute atomic E-state index is 0.436. The molecule has 0 aliphatic heterocycles. The van der Waals surface area contributed by atoms with E-state index >= 15 is 0 Å². The van der Waals surface area contributed by atoms with Gasteiger partial charge in [0.05, 0.1) is 18.1 Å². The molecule has 3 aromatic rings. The molecule has 1 N–H and O–H groups in total. The van der Waals surface area contributed by atoms with Gasteiger partial charge in [-0.15, -0.1) is 10.2 Å². The molecule has 0 radical (unpaired) electrons. The van der Waals surface area contributed by atoms with Crippen LogP contribution in [0.15, 0.2) is 18.2 Å². The van der Waals surface area contributed by atoms with E-state index in [2.05, 4.69) is 15.5 Å². The molecule has 7 heteroatoms. The Balaban J connectivity index is 1.28. The molecule has 4 rings (SSSR count). The SMILES string of the molecule is COc1ccc2c(c1)nc(NCCCCCC(=O)CCC1CCCC1)c1nnc(C)n12. The highest BCUT2D eigenvalue weighted by atomic mass is 16.5. The number of nitrogens with zero attached hydrogens (tertiary/aromatic N) is 4. The van der Waals surface area contributed by atoms with Crippen LogP contribution in [-0.2, 0) is 4.79 Å². The Hall–Kier alpha value is -2.70. The second-order valence-corrected chi connectivity index (χ2v) is 8.69. The lowest BCUT2D eigenvalue weighted by Gasteiger charge is -2.11. The quantitative estimate of drug-likeness (QED) is 0.432. The average molecular weight is 424 g/mol. The third kappa shape index (κ3) is 5.14. The Morgan fingerprint density at radius 1 is 1.16 bits per heavy atom. The van der Waals surface area contributed by atoms with Gasteiger partial charge in [-0.25, -0.2) is 4.98 Å². The van der Waals surface area contributed by atoms with E-state index in [1.807, 2.05) is 29.5 Å². The van der Waals surface area contributed by atoms with Crippen LogP contribution in [0.25, 0.3) is 16.7 Å². The number of ether oxygens (including phenoxy) is 1. The molecule has 0 atom stereocenters. The third-order valence-electron chi connectivity index (χ3n) is 6.42. The highest BCUT2D eigenvalue weighted by Gasteiger charge is 2.16.